The van der Waals surface area contributed by atoms with Crippen LogP contribution in [0.25, 0.3) is 0 Å². The predicted molar refractivity (Wildman–Crippen MR) is 80.1 cm³/mol. The number of aliphatic hydroxyl groups excluding tert-OH is 1. The SMILES string of the molecule is O=C(NCCO)c1ccc(N2CC(CBr)CC2=O)cc1. The molecule has 0 aliphatic carbocycles. The maximum Gasteiger partial charge on any atom is 0.251 e. The molecular formula is C14H17BrN2O3. The molecule has 1 aliphatic heterocycles. The number of halogens is 1. The molecule has 1 aliphatic rings. The van der Waals surface area contributed by atoms with Crippen LogP contribution in [0.1, 0.15) is 16.8 Å². The molecule has 5 nitrogen and oxygen atoms in total. The molecule has 0 radical (unpaired) electrons. The van der Waals surface area contributed by atoms with Crippen molar-refractivity contribution in [3.8, 4) is 0 Å². The van der Waals surface area contributed by atoms with E-state index in [4.69, 9.17) is 5.11 Å². The van der Waals surface area contributed by atoms with Crippen LogP contribution in [0, 0.1) is 5.92 Å². The lowest BCUT2D eigenvalue weighted by Gasteiger charge is -2.16. The Morgan fingerprint density at radius 2 is 2.10 bits per heavy atom. The van der Waals surface area contributed by atoms with Crippen LogP contribution in [0.15, 0.2) is 24.3 Å². The van der Waals surface area contributed by atoms with E-state index in [9.17, 15) is 9.59 Å². The molecule has 20 heavy (non-hydrogen) atoms. The van der Waals surface area contributed by atoms with Crippen LogP contribution in [0.4, 0.5) is 5.69 Å². The van der Waals surface area contributed by atoms with E-state index in [1.807, 2.05) is 0 Å². The van der Waals surface area contributed by atoms with Crippen LogP contribution in [0.5, 0.6) is 0 Å². The summed E-state index contributed by atoms with van der Waals surface area (Å²) in [5.41, 5.74) is 1.34. The van der Waals surface area contributed by atoms with Crippen LogP contribution >= 0.6 is 15.9 Å². The minimum absolute atomic E-state index is 0.0833. The van der Waals surface area contributed by atoms with Gasteiger partial charge in [-0.3, -0.25) is 9.59 Å². The Hall–Kier alpha value is -1.40. The van der Waals surface area contributed by atoms with Gasteiger partial charge in [-0.05, 0) is 30.2 Å². The third-order valence-electron chi connectivity index (χ3n) is 3.26. The van der Waals surface area contributed by atoms with Gasteiger partial charge in [-0.1, -0.05) is 15.9 Å². The van der Waals surface area contributed by atoms with Gasteiger partial charge in [0, 0.05) is 36.1 Å². The van der Waals surface area contributed by atoms with E-state index < -0.39 is 0 Å². The maximum atomic E-state index is 11.9. The number of hydrogen-bond donors (Lipinski definition) is 2. The average molecular weight is 341 g/mol. The number of hydrogen-bond acceptors (Lipinski definition) is 3. The van der Waals surface area contributed by atoms with E-state index in [1.54, 1.807) is 29.2 Å². The molecule has 2 amide bonds. The number of benzene rings is 1. The van der Waals surface area contributed by atoms with Crippen molar-refractivity contribution in [2.75, 3.05) is 29.9 Å². The minimum Gasteiger partial charge on any atom is -0.395 e. The molecule has 1 saturated heterocycles. The number of nitrogens with zero attached hydrogens (tertiary/aromatic N) is 1. The van der Waals surface area contributed by atoms with Gasteiger partial charge in [0.1, 0.15) is 0 Å². The van der Waals surface area contributed by atoms with E-state index in [0.29, 0.717) is 24.4 Å². The van der Waals surface area contributed by atoms with Gasteiger partial charge < -0.3 is 15.3 Å². The van der Waals surface area contributed by atoms with E-state index in [1.165, 1.54) is 0 Å². The second-order valence-electron chi connectivity index (χ2n) is 4.76. The van der Waals surface area contributed by atoms with Gasteiger partial charge in [0.15, 0.2) is 0 Å². The molecule has 0 aromatic heterocycles. The van der Waals surface area contributed by atoms with E-state index in [2.05, 4.69) is 21.2 Å². The first kappa shape index (κ1) is 15.0. The topological polar surface area (TPSA) is 69.6 Å². The van der Waals surface area contributed by atoms with Crippen molar-refractivity contribution >= 4 is 33.4 Å². The lowest BCUT2D eigenvalue weighted by Crippen LogP contribution is -2.27. The fraction of sp³-hybridized carbons (Fsp3) is 0.429. The molecular weight excluding hydrogens is 324 g/mol. The summed E-state index contributed by atoms with van der Waals surface area (Å²) in [6.07, 6.45) is 0.560. The van der Waals surface area contributed by atoms with Crippen LogP contribution in [-0.4, -0.2) is 41.9 Å². The summed E-state index contributed by atoms with van der Waals surface area (Å²) in [6, 6.07) is 6.94. The van der Waals surface area contributed by atoms with Crippen molar-refractivity contribution in [2.24, 2.45) is 5.92 Å². The molecule has 1 unspecified atom stereocenters. The van der Waals surface area contributed by atoms with Crippen molar-refractivity contribution in [1.82, 2.24) is 5.32 Å². The highest BCUT2D eigenvalue weighted by molar-refractivity contribution is 9.09. The molecule has 0 spiro atoms. The molecule has 6 heteroatoms. The zero-order valence-corrected chi connectivity index (χ0v) is 12.6. The van der Waals surface area contributed by atoms with Gasteiger partial charge in [-0.25, -0.2) is 0 Å². The summed E-state index contributed by atoms with van der Waals surface area (Å²) in [6.45, 7) is 0.859. The largest absolute Gasteiger partial charge is 0.395 e. The summed E-state index contributed by atoms with van der Waals surface area (Å²) in [4.78, 5) is 25.3. The van der Waals surface area contributed by atoms with Crippen molar-refractivity contribution in [3.63, 3.8) is 0 Å². The molecule has 108 valence electrons. The summed E-state index contributed by atoms with van der Waals surface area (Å²) in [5.74, 6) is 0.235. The normalized spacial score (nSPS) is 18.4. The number of amides is 2. The van der Waals surface area contributed by atoms with Gasteiger partial charge in [-0.2, -0.15) is 0 Å². The zero-order valence-electron chi connectivity index (χ0n) is 11.0. The Bertz CT molecular complexity index is 490. The Morgan fingerprint density at radius 1 is 1.40 bits per heavy atom. The summed E-state index contributed by atoms with van der Waals surface area (Å²) >= 11 is 3.41. The number of rotatable bonds is 5. The Balaban J connectivity index is 2.05. The first-order chi connectivity index (χ1) is 9.65. The summed E-state index contributed by atoms with van der Waals surface area (Å²) in [7, 11) is 0. The Morgan fingerprint density at radius 3 is 2.65 bits per heavy atom. The Kier molecular flexibility index (Phi) is 5.14. The molecule has 1 fully saturated rings. The fourth-order valence-corrected chi connectivity index (χ4v) is 2.63. The van der Waals surface area contributed by atoms with Gasteiger partial charge in [0.2, 0.25) is 5.91 Å². The first-order valence-corrected chi connectivity index (χ1v) is 7.63. The lowest BCUT2D eigenvalue weighted by atomic mass is 10.1. The van der Waals surface area contributed by atoms with E-state index in [0.717, 1.165) is 11.0 Å². The smallest absolute Gasteiger partial charge is 0.251 e. The lowest BCUT2D eigenvalue weighted by molar-refractivity contribution is -0.117. The van der Waals surface area contributed by atoms with E-state index >= 15 is 0 Å². The van der Waals surface area contributed by atoms with Gasteiger partial charge in [0.05, 0.1) is 6.61 Å². The minimum atomic E-state index is -0.225. The zero-order chi connectivity index (χ0) is 14.5. The van der Waals surface area contributed by atoms with Crippen molar-refractivity contribution < 1.29 is 14.7 Å². The van der Waals surface area contributed by atoms with Gasteiger partial charge in [-0.15, -0.1) is 0 Å². The van der Waals surface area contributed by atoms with Gasteiger partial charge >= 0.3 is 0 Å². The quantitative estimate of drug-likeness (QED) is 0.790. The third kappa shape index (κ3) is 3.37. The molecule has 2 rings (SSSR count). The molecule has 1 aromatic carbocycles. The molecule has 1 heterocycles. The Labute approximate surface area is 126 Å². The number of anilines is 1. The fourth-order valence-electron chi connectivity index (χ4n) is 2.20. The van der Waals surface area contributed by atoms with Crippen LogP contribution in [-0.2, 0) is 4.79 Å². The highest BCUT2D eigenvalue weighted by Crippen LogP contribution is 2.26. The summed E-state index contributed by atoms with van der Waals surface area (Å²) < 4.78 is 0. The monoisotopic (exact) mass is 340 g/mol. The van der Waals surface area contributed by atoms with Crippen molar-refractivity contribution in [1.29, 1.82) is 0 Å². The first-order valence-electron chi connectivity index (χ1n) is 6.51. The standard InChI is InChI=1S/C14H17BrN2O3/c15-8-10-7-13(19)17(9-10)12-3-1-11(2-4-12)14(20)16-5-6-18/h1-4,10,18H,5-9H2,(H,16,20). The summed E-state index contributed by atoms with van der Waals surface area (Å²) in [5, 5.41) is 12.1. The highest BCUT2D eigenvalue weighted by Gasteiger charge is 2.29. The van der Waals surface area contributed by atoms with Crippen molar-refractivity contribution in [3.05, 3.63) is 29.8 Å². The third-order valence-corrected chi connectivity index (χ3v) is 4.18. The second-order valence-corrected chi connectivity index (χ2v) is 5.40. The number of carbonyl (C=O) groups excluding carboxylic acids is 2. The molecule has 2 N–H and O–H groups in total. The molecule has 1 atom stereocenters. The van der Waals surface area contributed by atoms with Crippen LogP contribution in [0.3, 0.4) is 0 Å². The maximum absolute atomic E-state index is 11.9. The number of carbonyl (C=O) groups is 2. The molecule has 0 bridgehead atoms. The van der Waals surface area contributed by atoms with Crippen LogP contribution in [0.2, 0.25) is 0 Å². The second kappa shape index (κ2) is 6.85. The van der Waals surface area contributed by atoms with E-state index in [-0.39, 0.29) is 25.0 Å². The molecule has 0 saturated carbocycles. The van der Waals surface area contributed by atoms with Gasteiger partial charge in [0.25, 0.3) is 5.91 Å². The van der Waals surface area contributed by atoms with Crippen LogP contribution < -0.4 is 10.2 Å². The number of aliphatic hydroxyl groups is 1. The number of nitrogens with one attached hydrogen (secondary N) is 1. The highest BCUT2D eigenvalue weighted by atomic mass is 79.9. The predicted octanol–water partition coefficient (Wildman–Crippen LogP) is 1.16. The number of alkyl halides is 1. The van der Waals surface area contributed by atoms with Crippen molar-refractivity contribution in [2.45, 2.75) is 6.42 Å². The molecule has 1 aromatic rings. The average Bonchev–Trinajstić information content (AvgIpc) is 2.86.